The van der Waals surface area contributed by atoms with Crippen LogP contribution in [0.5, 0.6) is 0 Å². The molecule has 7 heteroatoms. The molecule has 1 aliphatic rings. The second kappa shape index (κ2) is 7.85. The summed E-state index contributed by atoms with van der Waals surface area (Å²) in [7, 11) is 0. The fourth-order valence-corrected chi connectivity index (χ4v) is 4.14. The van der Waals surface area contributed by atoms with Crippen molar-refractivity contribution in [3.05, 3.63) is 63.9 Å². The summed E-state index contributed by atoms with van der Waals surface area (Å²) in [5.41, 5.74) is 3.77. The third kappa shape index (κ3) is 4.00. The monoisotopic (exact) mass is 455 g/mol. The number of aromatic nitrogens is 1. The second-order valence-electron chi connectivity index (χ2n) is 6.77. The third-order valence-electron chi connectivity index (χ3n) is 4.72. The Morgan fingerprint density at radius 1 is 1.18 bits per heavy atom. The molecule has 0 bridgehead atoms. The Bertz CT molecular complexity index is 1010. The standard InChI is InChI=1S/C21H18BrN3O2S/c1-13-2-8-17(9-3-13)25-11-15(10-19(25)26)20(27)24-21-23-18(12-28-21)14-4-6-16(22)7-5-14/h2-9,12,15H,10-11H2,1H3,(H,23,24,27). The lowest BCUT2D eigenvalue weighted by molar-refractivity contribution is -0.122. The topological polar surface area (TPSA) is 62.3 Å². The molecule has 142 valence electrons. The number of benzene rings is 2. The van der Waals surface area contributed by atoms with Crippen molar-refractivity contribution in [2.24, 2.45) is 5.92 Å². The van der Waals surface area contributed by atoms with Gasteiger partial charge in [-0.2, -0.15) is 0 Å². The van der Waals surface area contributed by atoms with Crippen molar-refractivity contribution in [2.75, 3.05) is 16.8 Å². The van der Waals surface area contributed by atoms with Crippen LogP contribution in [0.3, 0.4) is 0 Å². The van der Waals surface area contributed by atoms with Gasteiger partial charge in [-0.05, 0) is 31.2 Å². The predicted octanol–water partition coefficient (Wildman–Crippen LogP) is 4.87. The molecule has 2 aromatic carbocycles. The molecule has 5 nitrogen and oxygen atoms in total. The number of halogens is 1. The van der Waals surface area contributed by atoms with Gasteiger partial charge in [-0.25, -0.2) is 4.98 Å². The number of hydrogen-bond acceptors (Lipinski definition) is 4. The zero-order valence-corrected chi connectivity index (χ0v) is 17.6. The first kappa shape index (κ1) is 18.8. The number of nitrogens with zero attached hydrogens (tertiary/aromatic N) is 2. The number of rotatable bonds is 4. The van der Waals surface area contributed by atoms with E-state index in [4.69, 9.17) is 0 Å². The summed E-state index contributed by atoms with van der Waals surface area (Å²) in [6, 6.07) is 15.6. The van der Waals surface area contributed by atoms with Gasteiger partial charge in [-0.1, -0.05) is 45.8 Å². The summed E-state index contributed by atoms with van der Waals surface area (Å²) in [4.78, 5) is 31.2. The number of carbonyl (C=O) groups is 2. The van der Waals surface area contributed by atoms with Crippen LogP contribution < -0.4 is 10.2 Å². The molecule has 2 amide bonds. The van der Waals surface area contributed by atoms with Gasteiger partial charge < -0.3 is 10.2 Å². The zero-order chi connectivity index (χ0) is 19.7. The lowest BCUT2D eigenvalue weighted by Crippen LogP contribution is -2.28. The highest BCUT2D eigenvalue weighted by Crippen LogP contribution is 2.29. The molecule has 1 fully saturated rings. The van der Waals surface area contributed by atoms with Crippen LogP contribution in [-0.4, -0.2) is 23.3 Å². The summed E-state index contributed by atoms with van der Waals surface area (Å²) >= 11 is 4.80. The van der Waals surface area contributed by atoms with Crippen LogP contribution >= 0.6 is 27.3 Å². The SMILES string of the molecule is Cc1ccc(N2CC(C(=O)Nc3nc(-c4ccc(Br)cc4)cs3)CC2=O)cc1. The minimum absolute atomic E-state index is 0.0290. The van der Waals surface area contributed by atoms with Gasteiger partial charge in [-0.3, -0.25) is 9.59 Å². The molecular weight excluding hydrogens is 438 g/mol. The number of anilines is 2. The van der Waals surface area contributed by atoms with Gasteiger partial charge in [0, 0.05) is 34.1 Å². The molecule has 1 atom stereocenters. The second-order valence-corrected chi connectivity index (χ2v) is 8.55. The van der Waals surface area contributed by atoms with Gasteiger partial charge in [0.2, 0.25) is 11.8 Å². The smallest absolute Gasteiger partial charge is 0.231 e. The predicted molar refractivity (Wildman–Crippen MR) is 116 cm³/mol. The molecule has 1 aromatic heterocycles. The molecule has 3 aromatic rings. The highest BCUT2D eigenvalue weighted by atomic mass is 79.9. The van der Waals surface area contributed by atoms with Gasteiger partial charge in [0.05, 0.1) is 11.6 Å². The molecule has 0 radical (unpaired) electrons. The molecule has 2 heterocycles. The van der Waals surface area contributed by atoms with Crippen molar-refractivity contribution >= 4 is 49.9 Å². The minimum Gasteiger partial charge on any atom is -0.312 e. The normalized spacial score (nSPS) is 16.4. The van der Waals surface area contributed by atoms with Crippen molar-refractivity contribution in [1.29, 1.82) is 0 Å². The van der Waals surface area contributed by atoms with E-state index in [1.54, 1.807) is 4.90 Å². The first-order chi connectivity index (χ1) is 13.5. The number of aryl methyl sites for hydroxylation is 1. The molecule has 0 saturated carbocycles. The van der Waals surface area contributed by atoms with Crippen LogP contribution in [0, 0.1) is 12.8 Å². The van der Waals surface area contributed by atoms with E-state index in [1.165, 1.54) is 11.3 Å². The molecule has 1 saturated heterocycles. The van der Waals surface area contributed by atoms with Gasteiger partial charge in [0.1, 0.15) is 0 Å². The molecule has 1 aliphatic heterocycles. The average molecular weight is 456 g/mol. The molecule has 1 unspecified atom stereocenters. The fraction of sp³-hybridized carbons (Fsp3) is 0.190. The molecule has 28 heavy (non-hydrogen) atoms. The Morgan fingerprint density at radius 3 is 2.61 bits per heavy atom. The van der Waals surface area contributed by atoms with Crippen LogP contribution in [0.4, 0.5) is 10.8 Å². The molecule has 1 N–H and O–H groups in total. The summed E-state index contributed by atoms with van der Waals surface area (Å²) in [5.74, 6) is -0.577. The zero-order valence-electron chi connectivity index (χ0n) is 15.2. The van der Waals surface area contributed by atoms with E-state index in [0.717, 1.165) is 27.0 Å². The van der Waals surface area contributed by atoms with Gasteiger partial charge >= 0.3 is 0 Å². The first-order valence-electron chi connectivity index (χ1n) is 8.89. The van der Waals surface area contributed by atoms with Crippen molar-refractivity contribution in [3.8, 4) is 11.3 Å². The van der Waals surface area contributed by atoms with E-state index in [1.807, 2.05) is 60.8 Å². The van der Waals surface area contributed by atoms with Crippen LogP contribution in [-0.2, 0) is 9.59 Å². The Balaban J connectivity index is 1.42. The van der Waals surface area contributed by atoms with Gasteiger partial charge in [0.25, 0.3) is 0 Å². The van der Waals surface area contributed by atoms with E-state index in [-0.39, 0.29) is 24.2 Å². The number of hydrogen-bond donors (Lipinski definition) is 1. The Morgan fingerprint density at radius 2 is 1.89 bits per heavy atom. The lowest BCUT2D eigenvalue weighted by Gasteiger charge is -2.16. The van der Waals surface area contributed by atoms with E-state index in [9.17, 15) is 9.59 Å². The van der Waals surface area contributed by atoms with E-state index >= 15 is 0 Å². The molecule has 0 spiro atoms. The fourth-order valence-electron chi connectivity index (χ4n) is 3.15. The maximum atomic E-state index is 12.7. The van der Waals surface area contributed by atoms with Crippen molar-refractivity contribution < 1.29 is 9.59 Å². The van der Waals surface area contributed by atoms with Crippen molar-refractivity contribution in [2.45, 2.75) is 13.3 Å². The largest absolute Gasteiger partial charge is 0.312 e. The van der Waals surface area contributed by atoms with Crippen LogP contribution in [0.25, 0.3) is 11.3 Å². The van der Waals surface area contributed by atoms with E-state index < -0.39 is 0 Å². The Kier molecular flexibility index (Phi) is 5.28. The van der Waals surface area contributed by atoms with Gasteiger partial charge in [-0.15, -0.1) is 11.3 Å². The van der Waals surface area contributed by atoms with Crippen molar-refractivity contribution in [1.82, 2.24) is 4.98 Å². The molecular formula is C21H18BrN3O2S. The number of thiazole rings is 1. The number of nitrogens with one attached hydrogen (secondary N) is 1. The van der Waals surface area contributed by atoms with E-state index in [2.05, 4.69) is 26.2 Å². The summed E-state index contributed by atoms with van der Waals surface area (Å²) in [6.07, 6.45) is 0.213. The van der Waals surface area contributed by atoms with Crippen LogP contribution in [0.2, 0.25) is 0 Å². The first-order valence-corrected chi connectivity index (χ1v) is 10.6. The Hall–Kier alpha value is -2.51. The number of amides is 2. The van der Waals surface area contributed by atoms with Crippen LogP contribution in [0.15, 0.2) is 58.4 Å². The van der Waals surface area contributed by atoms with Gasteiger partial charge in [0.15, 0.2) is 5.13 Å². The third-order valence-corrected chi connectivity index (χ3v) is 6.00. The molecule has 4 rings (SSSR count). The van der Waals surface area contributed by atoms with E-state index in [0.29, 0.717) is 11.7 Å². The summed E-state index contributed by atoms with van der Waals surface area (Å²) in [5, 5.41) is 5.33. The highest BCUT2D eigenvalue weighted by molar-refractivity contribution is 9.10. The highest BCUT2D eigenvalue weighted by Gasteiger charge is 2.35. The lowest BCUT2D eigenvalue weighted by atomic mass is 10.1. The molecule has 0 aliphatic carbocycles. The average Bonchev–Trinajstić information content (AvgIpc) is 3.30. The maximum Gasteiger partial charge on any atom is 0.231 e. The van der Waals surface area contributed by atoms with Crippen LogP contribution in [0.1, 0.15) is 12.0 Å². The summed E-state index contributed by atoms with van der Waals surface area (Å²) < 4.78 is 1.00. The minimum atomic E-state index is -0.381. The summed E-state index contributed by atoms with van der Waals surface area (Å²) in [6.45, 7) is 2.39. The van der Waals surface area contributed by atoms with Crippen molar-refractivity contribution in [3.63, 3.8) is 0 Å². The number of carbonyl (C=O) groups excluding carboxylic acids is 2. The Labute approximate surface area is 175 Å². The quantitative estimate of drug-likeness (QED) is 0.609. The maximum absolute atomic E-state index is 12.7.